The summed E-state index contributed by atoms with van der Waals surface area (Å²) < 4.78 is 65.0. The van der Waals surface area contributed by atoms with Crippen LogP contribution in [0.2, 0.25) is 5.02 Å². The van der Waals surface area contributed by atoms with Crippen LogP contribution in [-0.4, -0.2) is 8.42 Å². The molecule has 1 N–H and O–H groups in total. The van der Waals surface area contributed by atoms with Crippen molar-refractivity contribution >= 4 is 27.3 Å². The van der Waals surface area contributed by atoms with Gasteiger partial charge in [-0.05, 0) is 24.3 Å². The first kappa shape index (κ1) is 14.7. The Hall–Kier alpha value is -1.73. The minimum absolute atomic E-state index is 0.0806. The number of sulfonamides is 1. The van der Waals surface area contributed by atoms with Gasteiger partial charge in [0.25, 0.3) is 10.0 Å². The van der Waals surface area contributed by atoms with Crippen LogP contribution >= 0.6 is 11.6 Å². The van der Waals surface area contributed by atoms with E-state index in [1.807, 2.05) is 4.72 Å². The molecule has 0 atom stereocenters. The molecular weight excluding hydrogens is 315 g/mol. The van der Waals surface area contributed by atoms with Crippen LogP contribution in [0, 0.1) is 17.5 Å². The van der Waals surface area contributed by atoms with Crippen LogP contribution in [0.4, 0.5) is 18.9 Å². The minimum Gasteiger partial charge on any atom is -0.276 e. The Kier molecular flexibility index (Phi) is 3.92. The predicted octanol–water partition coefficient (Wildman–Crippen LogP) is 3.56. The lowest BCUT2D eigenvalue weighted by Crippen LogP contribution is -2.15. The maximum Gasteiger partial charge on any atom is 0.263 e. The molecule has 3 nitrogen and oxygen atoms in total. The number of hydrogen-bond acceptors (Lipinski definition) is 2. The molecule has 0 aliphatic heterocycles. The van der Waals surface area contributed by atoms with Crippen molar-refractivity contribution in [2.75, 3.05) is 4.72 Å². The molecule has 0 heterocycles. The molecule has 0 amide bonds. The Bertz CT molecular complexity index is 765. The second-order valence-electron chi connectivity index (χ2n) is 3.76. The maximum absolute atomic E-state index is 13.4. The summed E-state index contributed by atoms with van der Waals surface area (Å²) in [5.41, 5.74) is -0.705. The zero-order chi connectivity index (χ0) is 14.9. The SMILES string of the molecule is O=S(=O)(Nc1ccc(F)c(F)c1F)c1ccccc1Cl. The highest BCUT2D eigenvalue weighted by Crippen LogP contribution is 2.26. The van der Waals surface area contributed by atoms with Gasteiger partial charge in [0.2, 0.25) is 0 Å². The number of benzene rings is 2. The van der Waals surface area contributed by atoms with E-state index >= 15 is 0 Å². The first-order valence-corrected chi connectivity index (χ1v) is 7.10. The highest BCUT2D eigenvalue weighted by atomic mass is 35.5. The van der Waals surface area contributed by atoms with E-state index in [0.29, 0.717) is 6.07 Å². The first-order valence-electron chi connectivity index (χ1n) is 5.24. The summed E-state index contributed by atoms with van der Waals surface area (Å²) in [6.07, 6.45) is 0. The number of hydrogen-bond donors (Lipinski definition) is 1. The highest BCUT2D eigenvalue weighted by Gasteiger charge is 2.21. The molecule has 20 heavy (non-hydrogen) atoms. The Balaban J connectivity index is 2.45. The van der Waals surface area contributed by atoms with Crippen LogP contribution in [0.15, 0.2) is 41.3 Å². The molecule has 0 aliphatic carbocycles. The Morgan fingerprint density at radius 3 is 2.25 bits per heavy atom. The van der Waals surface area contributed by atoms with Gasteiger partial charge in [-0.1, -0.05) is 23.7 Å². The second kappa shape index (κ2) is 5.34. The Morgan fingerprint density at radius 2 is 1.60 bits per heavy atom. The van der Waals surface area contributed by atoms with Gasteiger partial charge in [-0.25, -0.2) is 21.6 Å². The van der Waals surface area contributed by atoms with Gasteiger partial charge in [-0.15, -0.1) is 0 Å². The minimum atomic E-state index is -4.21. The molecule has 2 aromatic rings. The molecule has 0 aliphatic rings. The van der Waals surface area contributed by atoms with Crippen molar-refractivity contribution in [3.05, 3.63) is 58.9 Å². The third-order valence-electron chi connectivity index (χ3n) is 2.41. The van der Waals surface area contributed by atoms with E-state index in [2.05, 4.69) is 0 Å². The van der Waals surface area contributed by atoms with Crippen LogP contribution in [0.25, 0.3) is 0 Å². The largest absolute Gasteiger partial charge is 0.276 e. The summed E-state index contributed by atoms with van der Waals surface area (Å²) in [6, 6.07) is 6.85. The van der Waals surface area contributed by atoms with Gasteiger partial charge < -0.3 is 0 Å². The fourth-order valence-electron chi connectivity index (χ4n) is 1.47. The molecule has 0 radical (unpaired) electrons. The van der Waals surface area contributed by atoms with E-state index in [4.69, 9.17) is 11.6 Å². The van der Waals surface area contributed by atoms with E-state index in [1.54, 1.807) is 0 Å². The molecule has 0 saturated carbocycles. The topological polar surface area (TPSA) is 46.2 Å². The number of nitrogens with one attached hydrogen (secondary N) is 1. The lowest BCUT2D eigenvalue weighted by atomic mass is 10.3. The molecule has 0 fully saturated rings. The molecule has 106 valence electrons. The molecule has 2 aromatic carbocycles. The molecule has 2 rings (SSSR count). The highest BCUT2D eigenvalue weighted by molar-refractivity contribution is 7.92. The van der Waals surface area contributed by atoms with Crippen LogP contribution < -0.4 is 4.72 Å². The van der Waals surface area contributed by atoms with Gasteiger partial charge >= 0.3 is 0 Å². The molecule has 0 unspecified atom stereocenters. The van der Waals surface area contributed by atoms with Crippen molar-refractivity contribution < 1.29 is 21.6 Å². The summed E-state index contributed by atoms with van der Waals surface area (Å²) in [6.45, 7) is 0. The fraction of sp³-hybridized carbons (Fsp3) is 0. The molecule has 0 aromatic heterocycles. The van der Waals surface area contributed by atoms with Crippen molar-refractivity contribution in [3.8, 4) is 0 Å². The van der Waals surface area contributed by atoms with Crippen molar-refractivity contribution in [1.29, 1.82) is 0 Å². The van der Waals surface area contributed by atoms with Gasteiger partial charge in [-0.2, -0.15) is 0 Å². The van der Waals surface area contributed by atoms with Crippen LogP contribution in [0.1, 0.15) is 0 Å². The van der Waals surface area contributed by atoms with Gasteiger partial charge in [0.05, 0.1) is 10.7 Å². The molecule has 0 saturated heterocycles. The number of rotatable bonds is 3. The smallest absolute Gasteiger partial charge is 0.263 e. The lowest BCUT2D eigenvalue weighted by molar-refractivity contribution is 0.449. The molecular formula is C12H7ClF3NO2S. The summed E-state index contributed by atoms with van der Waals surface area (Å²) in [5.74, 6) is -4.80. The average Bonchev–Trinajstić information content (AvgIpc) is 2.40. The monoisotopic (exact) mass is 321 g/mol. The fourth-order valence-corrected chi connectivity index (χ4v) is 3.05. The van der Waals surface area contributed by atoms with Gasteiger partial charge in [-0.3, -0.25) is 4.72 Å². The van der Waals surface area contributed by atoms with Gasteiger partial charge in [0, 0.05) is 0 Å². The standard InChI is InChI=1S/C12H7ClF3NO2S/c13-7-3-1-2-4-10(7)20(18,19)17-9-6-5-8(14)11(15)12(9)16/h1-6,17H. The summed E-state index contributed by atoms with van der Waals surface area (Å²) in [4.78, 5) is -0.300. The first-order chi connectivity index (χ1) is 9.33. The van der Waals surface area contributed by atoms with Crippen molar-refractivity contribution in [3.63, 3.8) is 0 Å². The van der Waals surface area contributed by atoms with Crippen molar-refractivity contribution in [1.82, 2.24) is 0 Å². The summed E-state index contributed by atoms with van der Waals surface area (Å²) >= 11 is 5.72. The number of halogens is 4. The van der Waals surface area contributed by atoms with E-state index in [9.17, 15) is 21.6 Å². The number of anilines is 1. The zero-order valence-corrected chi connectivity index (χ0v) is 11.3. The van der Waals surface area contributed by atoms with Crippen molar-refractivity contribution in [2.45, 2.75) is 4.90 Å². The van der Waals surface area contributed by atoms with Crippen molar-refractivity contribution in [2.24, 2.45) is 0 Å². The van der Waals surface area contributed by atoms with E-state index in [0.717, 1.165) is 6.07 Å². The van der Waals surface area contributed by atoms with E-state index in [1.165, 1.54) is 24.3 Å². The Morgan fingerprint density at radius 1 is 0.950 bits per heavy atom. The molecule has 0 bridgehead atoms. The lowest BCUT2D eigenvalue weighted by Gasteiger charge is -2.10. The van der Waals surface area contributed by atoms with Crippen LogP contribution in [-0.2, 0) is 10.0 Å². The quantitative estimate of drug-likeness (QED) is 0.879. The average molecular weight is 322 g/mol. The third kappa shape index (κ3) is 2.73. The van der Waals surface area contributed by atoms with Gasteiger partial charge in [0.15, 0.2) is 17.5 Å². The summed E-state index contributed by atoms with van der Waals surface area (Å²) in [5, 5.41) is -0.0806. The zero-order valence-electron chi connectivity index (χ0n) is 9.70. The molecule has 8 heteroatoms. The van der Waals surface area contributed by atoms with E-state index < -0.39 is 33.2 Å². The predicted molar refractivity (Wildman–Crippen MR) is 68.6 cm³/mol. The third-order valence-corrected chi connectivity index (χ3v) is 4.27. The normalized spacial score (nSPS) is 11.4. The second-order valence-corrected chi connectivity index (χ2v) is 5.82. The summed E-state index contributed by atoms with van der Waals surface area (Å²) in [7, 11) is -4.21. The van der Waals surface area contributed by atoms with E-state index in [-0.39, 0.29) is 9.92 Å². The van der Waals surface area contributed by atoms with Crippen LogP contribution in [0.3, 0.4) is 0 Å². The Labute approximate surface area is 118 Å². The maximum atomic E-state index is 13.4. The molecule has 0 spiro atoms. The van der Waals surface area contributed by atoms with Gasteiger partial charge in [0.1, 0.15) is 4.90 Å². The van der Waals surface area contributed by atoms with Crippen LogP contribution in [0.5, 0.6) is 0 Å².